The average Bonchev–Trinajstić information content (AvgIpc) is 2.74. The largest absolute Gasteiger partial charge is 0.464 e. The molecule has 3 rings (SSSR count). The summed E-state index contributed by atoms with van der Waals surface area (Å²) >= 11 is 0. The third-order valence-corrected chi connectivity index (χ3v) is 3.18. The number of fused-ring (bicyclic) bond motifs is 1. The lowest BCUT2D eigenvalue weighted by atomic mass is 10.1. The zero-order chi connectivity index (χ0) is 11.7. The van der Waals surface area contributed by atoms with Gasteiger partial charge in [-0.15, -0.1) is 12.4 Å². The quantitative estimate of drug-likeness (QED) is 0.893. The molecule has 2 N–H and O–H groups in total. The van der Waals surface area contributed by atoms with Crippen LogP contribution in [0.5, 0.6) is 0 Å². The van der Waals surface area contributed by atoms with Crippen molar-refractivity contribution >= 4 is 29.3 Å². The minimum atomic E-state index is -0.0364. The van der Waals surface area contributed by atoms with Gasteiger partial charge in [-0.25, -0.2) is 0 Å². The Morgan fingerprint density at radius 2 is 2.28 bits per heavy atom. The van der Waals surface area contributed by atoms with Gasteiger partial charge in [-0.1, -0.05) is 6.07 Å². The highest BCUT2D eigenvalue weighted by Crippen LogP contribution is 2.19. The highest BCUT2D eigenvalue weighted by molar-refractivity contribution is 6.05. The van der Waals surface area contributed by atoms with Crippen LogP contribution in [0.3, 0.4) is 0 Å². The molecular formula is C13H15ClN2O2. The standard InChI is InChI=1S/C13H14N2O2.ClH/c16-13(15-8-9-4-6-14-9)11-2-1-3-12-10(11)5-7-17-12;/h1-3,5,7,9,14H,4,6,8H2,(H,15,16);1H. The van der Waals surface area contributed by atoms with Crippen molar-refractivity contribution in [2.75, 3.05) is 13.1 Å². The van der Waals surface area contributed by atoms with Crippen LogP contribution >= 0.6 is 12.4 Å². The van der Waals surface area contributed by atoms with Gasteiger partial charge in [0.1, 0.15) is 5.58 Å². The molecule has 0 aliphatic carbocycles. The molecule has 1 fully saturated rings. The number of carbonyl (C=O) groups is 1. The molecule has 18 heavy (non-hydrogen) atoms. The molecule has 1 aliphatic rings. The van der Waals surface area contributed by atoms with Crippen molar-refractivity contribution in [2.24, 2.45) is 0 Å². The topological polar surface area (TPSA) is 54.3 Å². The van der Waals surface area contributed by atoms with Gasteiger partial charge in [-0.3, -0.25) is 4.79 Å². The van der Waals surface area contributed by atoms with E-state index in [4.69, 9.17) is 4.42 Å². The van der Waals surface area contributed by atoms with Crippen LogP contribution in [0, 0.1) is 0 Å². The zero-order valence-electron chi connectivity index (χ0n) is 9.81. The van der Waals surface area contributed by atoms with E-state index in [0.29, 0.717) is 18.2 Å². The number of furan rings is 1. The first kappa shape index (κ1) is 12.9. The molecule has 1 amide bonds. The van der Waals surface area contributed by atoms with Crippen molar-refractivity contribution in [1.29, 1.82) is 0 Å². The van der Waals surface area contributed by atoms with Crippen LogP contribution < -0.4 is 10.6 Å². The maximum absolute atomic E-state index is 12.0. The molecule has 5 heteroatoms. The van der Waals surface area contributed by atoms with Crippen molar-refractivity contribution in [3.63, 3.8) is 0 Å². The van der Waals surface area contributed by atoms with E-state index < -0.39 is 0 Å². The number of nitrogens with one attached hydrogen (secondary N) is 2. The molecule has 1 aliphatic heterocycles. The second-order valence-electron chi connectivity index (χ2n) is 4.29. The minimum absolute atomic E-state index is 0. The number of rotatable bonds is 3. The first-order valence-electron chi connectivity index (χ1n) is 5.82. The Morgan fingerprint density at radius 1 is 1.44 bits per heavy atom. The first-order valence-corrected chi connectivity index (χ1v) is 5.82. The number of hydrogen-bond donors (Lipinski definition) is 2. The van der Waals surface area contributed by atoms with Crippen molar-refractivity contribution < 1.29 is 9.21 Å². The molecular weight excluding hydrogens is 252 g/mol. The summed E-state index contributed by atoms with van der Waals surface area (Å²) in [5.41, 5.74) is 1.43. The number of halogens is 1. The Hall–Kier alpha value is -1.52. The second kappa shape index (κ2) is 5.42. The molecule has 0 bridgehead atoms. The van der Waals surface area contributed by atoms with E-state index in [1.54, 1.807) is 6.26 Å². The maximum atomic E-state index is 12.0. The summed E-state index contributed by atoms with van der Waals surface area (Å²) < 4.78 is 5.27. The predicted molar refractivity (Wildman–Crippen MR) is 72.2 cm³/mol. The van der Waals surface area contributed by atoms with Crippen molar-refractivity contribution in [2.45, 2.75) is 12.5 Å². The summed E-state index contributed by atoms with van der Waals surface area (Å²) in [5, 5.41) is 7.06. The molecule has 0 saturated carbocycles. The van der Waals surface area contributed by atoms with Gasteiger partial charge in [0.15, 0.2) is 0 Å². The van der Waals surface area contributed by atoms with E-state index in [1.807, 2.05) is 24.3 Å². The summed E-state index contributed by atoms with van der Waals surface area (Å²) in [7, 11) is 0. The van der Waals surface area contributed by atoms with Gasteiger partial charge in [0.2, 0.25) is 0 Å². The van der Waals surface area contributed by atoms with Gasteiger partial charge in [0, 0.05) is 18.0 Å². The van der Waals surface area contributed by atoms with Crippen LogP contribution in [-0.4, -0.2) is 25.0 Å². The molecule has 2 aromatic rings. The van der Waals surface area contributed by atoms with Gasteiger partial charge >= 0.3 is 0 Å². The van der Waals surface area contributed by atoms with Gasteiger partial charge in [-0.05, 0) is 31.2 Å². The van der Waals surface area contributed by atoms with Crippen LogP contribution in [0.25, 0.3) is 11.0 Å². The lowest BCUT2D eigenvalue weighted by Crippen LogP contribution is -2.50. The molecule has 1 atom stereocenters. The van der Waals surface area contributed by atoms with Crippen LogP contribution in [0.4, 0.5) is 0 Å². The van der Waals surface area contributed by atoms with Gasteiger partial charge in [-0.2, -0.15) is 0 Å². The fourth-order valence-electron chi connectivity index (χ4n) is 2.03. The number of hydrogen-bond acceptors (Lipinski definition) is 3. The van der Waals surface area contributed by atoms with Crippen molar-refractivity contribution in [1.82, 2.24) is 10.6 Å². The minimum Gasteiger partial charge on any atom is -0.464 e. The molecule has 2 heterocycles. The zero-order valence-corrected chi connectivity index (χ0v) is 10.6. The molecule has 1 saturated heterocycles. The van der Waals surface area contributed by atoms with Gasteiger partial charge in [0.05, 0.1) is 11.8 Å². The van der Waals surface area contributed by atoms with Gasteiger partial charge < -0.3 is 15.1 Å². The normalized spacial score (nSPS) is 17.9. The van der Waals surface area contributed by atoms with E-state index in [0.717, 1.165) is 23.9 Å². The summed E-state index contributed by atoms with van der Waals surface area (Å²) in [6.07, 6.45) is 2.74. The summed E-state index contributed by atoms with van der Waals surface area (Å²) in [6.45, 7) is 1.74. The van der Waals surface area contributed by atoms with Crippen molar-refractivity contribution in [3.8, 4) is 0 Å². The molecule has 1 aromatic heterocycles. The Kier molecular flexibility index (Phi) is 3.89. The third kappa shape index (κ3) is 2.35. The maximum Gasteiger partial charge on any atom is 0.252 e. The molecule has 4 nitrogen and oxygen atoms in total. The Labute approximate surface area is 111 Å². The third-order valence-electron chi connectivity index (χ3n) is 3.18. The molecule has 0 radical (unpaired) electrons. The van der Waals surface area contributed by atoms with E-state index in [9.17, 15) is 4.79 Å². The first-order chi connectivity index (χ1) is 8.34. The number of amides is 1. The number of carbonyl (C=O) groups excluding carboxylic acids is 1. The van der Waals surface area contributed by atoms with Crippen LogP contribution in [0.1, 0.15) is 16.8 Å². The Morgan fingerprint density at radius 3 is 3.00 bits per heavy atom. The molecule has 1 aromatic carbocycles. The van der Waals surface area contributed by atoms with Crippen LogP contribution in [-0.2, 0) is 0 Å². The smallest absolute Gasteiger partial charge is 0.252 e. The van der Waals surface area contributed by atoms with Crippen molar-refractivity contribution in [3.05, 3.63) is 36.1 Å². The summed E-state index contributed by atoms with van der Waals surface area (Å²) in [5.74, 6) is -0.0364. The lowest BCUT2D eigenvalue weighted by molar-refractivity contribution is 0.0947. The van der Waals surface area contributed by atoms with E-state index in [-0.39, 0.29) is 18.3 Å². The molecule has 0 spiro atoms. The average molecular weight is 267 g/mol. The lowest BCUT2D eigenvalue weighted by Gasteiger charge is -2.27. The summed E-state index contributed by atoms with van der Waals surface area (Å²) in [4.78, 5) is 12.0. The second-order valence-corrected chi connectivity index (χ2v) is 4.29. The Bertz CT molecular complexity index is 549. The van der Waals surface area contributed by atoms with E-state index in [1.165, 1.54) is 0 Å². The van der Waals surface area contributed by atoms with Gasteiger partial charge in [0.25, 0.3) is 5.91 Å². The highest BCUT2D eigenvalue weighted by Gasteiger charge is 2.18. The summed E-state index contributed by atoms with van der Waals surface area (Å²) in [6, 6.07) is 7.78. The van der Waals surface area contributed by atoms with Crippen LogP contribution in [0.15, 0.2) is 34.9 Å². The SMILES string of the molecule is Cl.O=C(NCC1CCN1)c1cccc2occc12. The van der Waals surface area contributed by atoms with E-state index >= 15 is 0 Å². The number of benzene rings is 1. The fourth-order valence-corrected chi connectivity index (χ4v) is 2.03. The Balaban J connectivity index is 0.00000120. The van der Waals surface area contributed by atoms with E-state index in [2.05, 4.69) is 10.6 Å². The monoisotopic (exact) mass is 266 g/mol. The molecule has 1 unspecified atom stereocenters. The predicted octanol–water partition coefficient (Wildman–Crippen LogP) is 1.95. The fraction of sp³-hybridized carbons (Fsp3) is 0.308. The van der Waals surface area contributed by atoms with Crippen LogP contribution in [0.2, 0.25) is 0 Å². The molecule has 96 valence electrons. The highest BCUT2D eigenvalue weighted by atomic mass is 35.5.